The van der Waals surface area contributed by atoms with Crippen LogP contribution in [0.2, 0.25) is 5.02 Å². The molecule has 1 aliphatic rings. The van der Waals surface area contributed by atoms with E-state index in [2.05, 4.69) is 0 Å². The first-order valence-electron chi connectivity index (χ1n) is 5.48. The molecule has 2 N–H and O–H groups in total. The van der Waals surface area contributed by atoms with Crippen LogP contribution in [0.1, 0.15) is 32.1 Å². The minimum Gasteiger partial charge on any atom is -0.487 e. The Morgan fingerprint density at radius 3 is 2.60 bits per heavy atom. The predicted molar refractivity (Wildman–Crippen MR) is 63.4 cm³/mol. The number of ether oxygens (including phenoxy) is 1. The summed E-state index contributed by atoms with van der Waals surface area (Å²) in [4.78, 5) is 0. The summed E-state index contributed by atoms with van der Waals surface area (Å²) in [5.41, 5.74) is 6.46. The molecule has 1 aromatic carbocycles. The quantitative estimate of drug-likeness (QED) is 0.780. The molecule has 0 aliphatic heterocycles. The fourth-order valence-electron chi connectivity index (χ4n) is 2.00. The molecule has 82 valence electrons. The van der Waals surface area contributed by atoms with E-state index in [9.17, 15) is 0 Å². The molecule has 2 nitrogen and oxygen atoms in total. The number of hydrogen-bond acceptors (Lipinski definition) is 2. The minimum absolute atomic E-state index is 0.293. The molecular weight excluding hydrogens is 210 g/mol. The van der Waals surface area contributed by atoms with E-state index in [1.54, 1.807) is 0 Å². The normalized spacial score (nSPS) is 17.7. The predicted octanol–water partition coefficient (Wildman–Crippen LogP) is 3.63. The van der Waals surface area contributed by atoms with Crippen molar-refractivity contribution in [2.24, 2.45) is 0 Å². The van der Waals surface area contributed by atoms with Crippen LogP contribution in [0.25, 0.3) is 0 Å². The molecule has 3 heteroatoms. The van der Waals surface area contributed by atoms with E-state index in [-0.39, 0.29) is 0 Å². The van der Waals surface area contributed by atoms with Crippen molar-refractivity contribution in [3.63, 3.8) is 0 Å². The first-order chi connectivity index (χ1) is 7.27. The maximum absolute atomic E-state index is 6.04. The van der Waals surface area contributed by atoms with E-state index in [0.29, 0.717) is 22.6 Å². The first-order valence-corrected chi connectivity index (χ1v) is 5.86. The van der Waals surface area contributed by atoms with Gasteiger partial charge in [0.05, 0.1) is 16.8 Å². The number of anilines is 1. The second kappa shape index (κ2) is 4.75. The van der Waals surface area contributed by atoms with E-state index in [1.165, 1.54) is 19.3 Å². The zero-order valence-electron chi connectivity index (χ0n) is 8.71. The van der Waals surface area contributed by atoms with Crippen LogP contribution in [0.5, 0.6) is 5.75 Å². The van der Waals surface area contributed by atoms with Gasteiger partial charge in [0.2, 0.25) is 0 Å². The molecule has 1 aromatic rings. The van der Waals surface area contributed by atoms with Crippen molar-refractivity contribution in [2.45, 2.75) is 38.2 Å². The second-order valence-corrected chi connectivity index (χ2v) is 4.44. The van der Waals surface area contributed by atoms with Crippen molar-refractivity contribution < 1.29 is 4.74 Å². The molecule has 0 spiro atoms. The van der Waals surface area contributed by atoms with Gasteiger partial charge in [0.15, 0.2) is 5.75 Å². The Morgan fingerprint density at radius 1 is 1.20 bits per heavy atom. The molecule has 0 amide bonds. The summed E-state index contributed by atoms with van der Waals surface area (Å²) >= 11 is 6.04. The summed E-state index contributed by atoms with van der Waals surface area (Å²) in [7, 11) is 0. The number of para-hydroxylation sites is 1. The molecule has 1 saturated carbocycles. The standard InChI is InChI=1S/C12H16ClNO/c13-10-7-4-8-11(14)12(10)15-9-5-2-1-3-6-9/h4,7-9H,1-3,5-6,14H2. The molecule has 0 atom stereocenters. The van der Waals surface area contributed by atoms with Crippen LogP contribution in [0.15, 0.2) is 18.2 Å². The highest BCUT2D eigenvalue weighted by Gasteiger charge is 2.17. The van der Waals surface area contributed by atoms with Crippen LogP contribution < -0.4 is 10.5 Å². The number of hydrogen-bond donors (Lipinski definition) is 1. The second-order valence-electron chi connectivity index (χ2n) is 4.04. The van der Waals surface area contributed by atoms with Crippen molar-refractivity contribution in [3.8, 4) is 5.75 Å². The lowest BCUT2D eigenvalue weighted by Crippen LogP contribution is -2.20. The van der Waals surface area contributed by atoms with E-state index in [0.717, 1.165) is 12.8 Å². The van der Waals surface area contributed by atoms with Crippen LogP contribution in [0, 0.1) is 0 Å². The van der Waals surface area contributed by atoms with Crippen molar-refractivity contribution in [1.29, 1.82) is 0 Å². The molecule has 1 fully saturated rings. The monoisotopic (exact) mass is 225 g/mol. The van der Waals surface area contributed by atoms with Gasteiger partial charge in [0, 0.05) is 0 Å². The summed E-state index contributed by atoms with van der Waals surface area (Å²) in [5.74, 6) is 0.658. The van der Waals surface area contributed by atoms with Gasteiger partial charge in [-0.15, -0.1) is 0 Å². The zero-order chi connectivity index (χ0) is 10.7. The van der Waals surface area contributed by atoms with E-state index >= 15 is 0 Å². The van der Waals surface area contributed by atoms with Crippen molar-refractivity contribution in [2.75, 3.05) is 5.73 Å². The molecule has 0 radical (unpaired) electrons. The molecular formula is C12H16ClNO. The molecule has 0 bridgehead atoms. The lowest BCUT2D eigenvalue weighted by atomic mass is 9.98. The van der Waals surface area contributed by atoms with Gasteiger partial charge in [0.1, 0.15) is 0 Å². The summed E-state index contributed by atoms with van der Waals surface area (Å²) in [6.07, 6.45) is 6.33. The van der Waals surface area contributed by atoms with E-state index in [4.69, 9.17) is 22.1 Å². The molecule has 0 unspecified atom stereocenters. The van der Waals surface area contributed by atoms with Gasteiger partial charge in [-0.2, -0.15) is 0 Å². The van der Waals surface area contributed by atoms with Crippen LogP contribution in [0.4, 0.5) is 5.69 Å². The van der Waals surface area contributed by atoms with Gasteiger partial charge in [-0.05, 0) is 37.8 Å². The van der Waals surface area contributed by atoms with Gasteiger partial charge in [-0.1, -0.05) is 24.1 Å². The highest BCUT2D eigenvalue weighted by Crippen LogP contribution is 2.33. The Bertz CT molecular complexity index is 314. The Morgan fingerprint density at radius 2 is 1.93 bits per heavy atom. The Kier molecular flexibility index (Phi) is 3.37. The summed E-state index contributed by atoms with van der Waals surface area (Å²) in [6.45, 7) is 0. The van der Waals surface area contributed by atoms with Crippen LogP contribution in [-0.4, -0.2) is 6.10 Å². The maximum atomic E-state index is 6.04. The summed E-state index contributed by atoms with van der Waals surface area (Å²) in [6, 6.07) is 5.48. The third-order valence-corrected chi connectivity index (χ3v) is 3.13. The topological polar surface area (TPSA) is 35.2 Å². The number of rotatable bonds is 2. The molecule has 1 aliphatic carbocycles. The SMILES string of the molecule is Nc1cccc(Cl)c1OC1CCCCC1. The number of nitrogen functional groups attached to an aromatic ring is 1. The fraction of sp³-hybridized carbons (Fsp3) is 0.500. The van der Waals surface area contributed by atoms with Gasteiger partial charge in [-0.3, -0.25) is 0 Å². The van der Waals surface area contributed by atoms with Crippen LogP contribution in [-0.2, 0) is 0 Å². The summed E-state index contributed by atoms with van der Waals surface area (Å²) < 4.78 is 5.86. The van der Waals surface area contributed by atoms with Crippen LogP contribution >= 0.6 is 11.6 Å². The Balaban J connectivity index is 2.09. The molecule has 2 rings (SSSR count). The highest BCUT2D eigenvalue weighted by molar-refractivity contribution is 6.32. The zero-order valence-corrected chi connectivity index (χ0v) is 9.46. The average Bonchev–Trinajstić information content (AvgIpc) is 2.25. The number of benzene rings is 1. The lowest BCUT2D eigenvalue weighted by molar-refractivity contribution is 0.156. The number of halogens is 1. The van der Waals surface area contributed by atoms with E-state index in [1.807, 2.05) is 18.2 Å². The van der Waals surface area contributed by atoms with Gasteiger partial charge >= 0.3 is 0 Å². The van der Waals surface area contributed by atoms with Gasteiger partial charge in [-0.25, -0.2) is 0 Å². The van der Waals surface area contributed by atoms with E-state index < -0.39 is 0 Å². The molecule has 15 heavy (non-hydrogen) atoms. The third kappa shape index (κ3) is 2.57. The van der Waals surface area contributed by atoms with Crippen molar-refractivity contribution in [3.05, 3.63) is 23.2 Å². The Hall–Kier alpha value is -0.890. The smallest absolute Gasteiger partial charge is 0.161 e. The average molecular weight is 226 g/mol. The summed E-state index contributed by atoms with van der Waals surface area (Å²) in [5, 5.41) is 0.612. The third-order valence-electron chi connectivity index (χ3n) is 2.83. The van der Waals surface area contributed by atoms with Crippen LogP contribution in [0.3, 0.4) is 0 Å². The van der Waals surface area contributed by atoms with Gasteiger partial charge in [0.25, 0.3) is 0 Å². The highest BCUT2D eigenvalue weighted by atomic mass is 35.5. The first kappa shape index (κ1) is 10.6. The largest absolute Gasteiger partial charge is 0.487 e. The van der Waals surface area contributed by atoms with Gasteiger partial charge < -0.3 is 10.5 Å². The number of nitrogens with two attached hydrogens (primary N) is 1. The van der Waals surface area contributed by atoms with Crippen molar-refractivity contribution in [1.82, 2.24) is 0 Å². The molecule has 0 saturated heterocycles. The fourth-order valence-corrected chi connectivity index (χ4v) is 2.23. The Labute approximate surface area is 95.4 Å². The lowest BCUT2D eigenvalue weighted by Gasteiger charge is -2.24. The molecule has 0 heterocycles. The molecule has 0 aromatic heterocycles. The van der Waals surface area contributed by atoms with Crippen molar-refractivity contribution >= 4 is 17.3 Å². The minimum atomic E-state index is 0.293. The maximum Gasteiger partial charge on any atom is 0.161 e.